The first-order chi connectivity index (χ1) is 9.74. The molecule has 6 heteroatoms. The Bertz CT molecular complexity index is 617. The summed E-state index contributed by atoms with van der Waals surface area (Å²) in [7, 11) is -1.97. The predicted octanol–water partition coefficient (Wildman–Crippen LogP) is 2.27. The third kappa shape index (κ3) is 3.44. The monoisotopic (exact) mass is 310 g/mol. The molecule has 1 fully saturated rings. The van der Waals surface area contributed by atoms with Gasteiger partial charge in [0.25, 0.3) is 0 Å². The van der Waals surface area contributed by atoms with Gasteiger partial charge in [0, 0.05) is 18.2 Å². The summed E-state index contributed by atoms with van der Waals surface area (Å²) in [5.74, 6) is 0.0885. The van der Waals surface area contributed by atoms with Crippen molar-refractivity contribution in [3.05, 3.63) is 24.3 Å². The predicted molar refractivity (Wildman–Crippen MR) is 82.4 cm³/mol. The van der Waals surface area contributed by atoms with Crippen molar-refractivity contribution in [3.63, 3.8) is 0 Å². The van der Waals surface area contributed by atoms with Crippen LogP contribution in [0.1, 0.15) is 39.0 Å². The second kappa shape index (κ2) is 5.77. The highest BCUT2D eigenvalue weighted by atomic mass is 32.2. The van der Waals surface area contributed by atoms with E-state index >= 15 is 0 Å². The number of carbonyl (C=O) groups is 1. The minimum atomic E-state index is -3.70. The van der Waals surface area contributed by atoms with Gasteiger partial charge < -0.3 is 4.90 Å². The summed E-state index contributed by atoms with van der Waals surface area (Å²) in [4.78, 5) is 14.3. The lowest BCUT2D eigenvalue weighted by molar-refractivity contribution is -0.128. The molecule has 2 rings (SSSR count). The molecule has 1 aromatic carbocycles. The van der Waals surface area contributed by atoms with Gasteiger partial charge in [-0.3, -0.25) is 4.79 Å². The van der Waals surface area contributed by atoms with Crippen molar-refractivity contribution in [2.24, 2.45) is 10.6 Å². The van der Waals surface area contributed by atoms with Crippen LogP contribution in [0.2, 0.25) is 0 Å². The fourth-order valence-corrected chi connectivity index (χ4v) is 3.44. The van der Waals surface area contributed by atoms with Crippen molar-refractivity contribution >= 4 is 21.6 Å². The second-order valence-electron chi connectivity index (χ2n) is 6.02. The number of benzene rings is 1. The minimum absolute atomic E-state index is 0.0518. The molecule has 0 heterocycles. The molecule has 0 spiro atoms. The Hall–Kier alpha value is -1.40. The van der Waals surface area contributed by atoms with Crippen LogP contribution in [0.25, 0.3) is 0 Å². The highest BCUT2D eigenvalue weighted by Gasteiger charge is 2.36. The maximum Gasteiger partial charge on any atom is 0.238 e. The topological polar surface area (TPSA) is 80.5 Å². The summed E-state index contributed by atoms with van der Waals surface area (Å²) in [5, 5.41) is 5.07. The molecule has 1 aliphatic carbocycles. The Balaban J connectivity index is 2.19. The van der Waals surface area contributed by atoms with Crippen LogP contribution in [0.4, 0.5) is 5.69 Å². The average Bonchev–Trinajstić information content (AvgIpc) is 2.46. The first kappa shape index (κ1) is 16.0. The van der Waals surface area contributed by atoms with Gasteiger partial charge in [-0.25, -0.2) is 13.6 Å². The van der Waals surface area contributed by atoms with Crippen molar-refractivity contribution < 1.29 is 13.2 Å². The van der Waals surface area contributed by atoms with E-state index in [0.717, 1.165) is 25.7 Å². The smallest absolute Gasteiger partial charge is 0.238 e. The third-order valence-electron chi connectivity index (χ3n) is 4.33. The van der Waals surface area contributed by atoms with Gasteiger partial charge in [-0.15, -0.1) is 0 Å². The second-order valence-corrected chi connectivity index (χ2v) is 7.59. The minimum Gasteiger partial charge on any atom is -0.315 e. The van der Waals surface area contributed by atoms with Gasteiger partial charge in [-0.2, -0.15) is 0 Å². The number of hydrogen-bond acceptors (Lipinski definition) is 3. The lowest BCUT2D eigenvalue weighted by Gasteiger charge is -2.35. The molecule has 0 aliphatic heterocycles. The number of nitrogens with two attached hydrogens (primary N) is 1. The summed E-state index contributed by atoms with van der Waals surface area (Å²) in [5.41, 5.74) is 0.366. The molecule has 5 nitrogen and oxygen atoms in total. The maximum absolute atomic E-state index is 12.7. The zero-order valence-electron chi connectivity index (χ0n) is 12.5. The average molecular weight is 310 g/mol. The van der Waals surface area contributed by atoms with E-state index in [4.69, 9.17) is 5.14 Å². The Labute approximate surface area is 126 Å². The van der Waals surface area contributed by atoms with Crippen LogP contribution >= 0.6 is 0 Å². The summed E-state index contributed by atoms with van der Waals surface area (Å²) in [6, 6.07) is 6.09. The van der Waals surface area contributed by atoms with Crippen LogP contribution in [0.15, 0.2) is 29.2 Å². The van der Waals surface area contributed by atoms with E-state index in [9.17, 15) is 13.2 Å². The van der Waals surface area contributed by atoms with Crippen LogP contribution in [0.5, 0.6) is 0 Å². The summed E-state index contributed by atoms with van der Waals surface area (Å²) < 4.78 is 22.5. The molecule has 1 aromatic rings. The van der Waals surface area contributed by atoms with Crippen LogP contribution in [0.3, 0.4) is 0 Å². The standard InChI is InChI=1S/C15H22N2O3S/c1-15(10-4-3-5-11-15)14(18)17(2)12-6-8-13(9-7-12)21(16,19)20/h6-9H,3-5,10-11H2,1-2H3,(H2,16,19,20). The number of nitrogens with zero attached hydrogens (tertiary/aromatic N) is 1. The number of rotatable bonds is 3. The van der Waals surface area contributed by atoms with Gasteiger partial charge in [-0.1, -0.05) is 26.2 Å². The molecule has 0 atom stereocenters. The van der Waals surface area contributed by atoms with Gasteiger partial charge in [0.1, 0.15) is 0 Å². The van der Waals surface area contributed by atoms with Gasteiger partial charge in [0.05, 0.1) is 4.90 Å². The van der Waals surface area contributed by atoms with Crippen molar-refractivity contribution in [1.29, 1.82) is 0 Å². The van der Waals surface area contributed by atoms with Crippen molar-refractivity contribution in [3.8, 4) is 0 Å². The van der Waals surface area contributed by atoms with Crippen molar-refractivity contribution in [2.45, 2.75) is 43.9 Å². The van der Waals surface area contributed by atoms with E-state index in [1.165, 1.54) is 18.6 Å². The first-order valence-corrected chi connectivity index (χ1v) is 8.70. The Morgan fingerprint density at radius 2 is 1.67 bits per heavy atom. The Kier molecular flexibility index (Phi) is 4.39. The van der Waals surface area contributed by atoms with Gasteiger partial charge in [0.15, 0.2) is 0 Å². The number of primary sulfonamides is 1. The fourth-order valence-electron chi connectivity index (χ4n) is 2.93. The van der Waals surface area contributed by atoms with E-state index < -0.39 is 10.0 Å². The molecule has 2 N–H and O–H groups in total. The van der Waals surface area contributed by atoms with E-state index in [1.807, 2.05) is 6.92 Å². The number of amides is 1. The van der Waals surface area contributed by atoms with E-state index in [-0.39, 0.29) is 16.2 Å². The lowest BCUT2D eigenvalue weighted by atomic mass is 9.74. The largest absolute Gasteiger partial charge is 0.315 e. The lowest BCUT2D eigenvalue weighted by Crippen LogP contribution is -2.41. The number of hydrogen-bond donors (Lipinski definition) is 1. The zero-order valence-corrected chi connectivity index (χ0v) is 13.3. The molecule has 116 valence electrons. The summed E-state index contributed by atoms with van der Waals surface area (Å²) >= 11 is 0. The molecular weight excluding hydrogens is 288 g/mol. The number of sulfonamides is 1. The summed E-state index contributed by atoms with van der Waals surface area (Å²) in [6.07, 6.45) is 5.17. The SMILES string of the molecule is CN(C(=O)C1(C)CCCCC1)c1ccc(S(N)(=O)=O)cc1. The zero-order chi connectivity index (χ0) is 15.7. The number of anilines is 1. The highest BCUT2D eigenvalue weighted by molar-refractivity contribution is 7.89. The normalized spacial score (nSPS) is 18.2. The molecule has 0 radical (unpaired) electrons. The van der Waals surface area contributed by atoms with E-state index in [0.29, 0.717) is 5.69 Å². The molecule has 0 saturated heterocycles. The molecule has 1 amide bonds. The molecule has 21 heavy (non-hydrogen) atoms. The first-order valence-electron chi connectivity index (χ1n) is 7.15. The van der Waals surface area contributed by atoms with Crippen LogP contribution in [0, 0.1) is 5.41 Å². The molecular formula is C15H22N2O3S. The third-order valence-corrected chi connectivity index (χ3v) is 5.26. The highest BCUT2D eigenvalue weighted by Crippen LogP contribution is 2.38. The Morgan fingerprint density at radius 1 is 1.14 bits per heavy atom. The molecule has 1 saturated carbocycles. The fraction of sp³-hybridized carbons (Fsp3) is 0.533. The van der Waals surface area contributed by atoms with E-state index in [1.54, 1.807) is 24.1 Å². The van der Waals surface area contributed by atoms with Crippen LogP contribution in [-0.2, 0) is 14.8 Å². The maximum atomic E-state index is 12.7. The molecule has 0 bridgehead atoms. The number of carbonyl (C=O) groups excluding carboxylic acids is 1. The van der Waals surface area contributed by atoms with Crippen molar-refractivity contribution in [2.75, 3.05) is 11.9 Å². The van der Waals surface area contributed by atoms with Gasteiger partial charge in [0.2, 0.25) is 15.9 Å². The molecule has 0 unspecified atom stereocenters. The summed E-state index contributed by atoms with van der Waals surface area (Å²) in [6.45, 7) is 2.02. The van der Waals surface area contributed by atoms with Crippen LogP contribution in [-0.4, -0.2) is 21.4 Å². The Morgan fingerprint density at radius 3 is 2.14 bits per heavy atom. The van der Waals surface area contributed by atoms with Crippen molar-refractivity contribution in [1.82, 2.24) is 0 Å². The van der Waals surface area contributed by atoms with Gasteiger partial charge in [-0.05, 0) is 37.1 Å². The molecule has 1 aliphatic rings. The van der Waals surface area contributed by atoms with Crippen LogP contribution < -0.4 is 10.0 Å². The molecule has 0 aromatic heterocycles. The van der Waals surface area contributed by atoms with Gasteiger partial charge >= 0.3 is 0 Å². The quantitative estimate of drug-likeness (QED) is 0.930. The van der Waals surface area contributed by atoms with E-state index in [2.05, 4.69) is 0 Å².